The van der Waals surface area contributed by atoms with E-state index in [9.17, 15) is 19.5 Å². The molecule has 0 bridgehead atoms. The van der Waals surface area contributed by atoms with E-state index in [1.807, 2.05) is 65.0 Å². The molecule has 9 nitrogen and oxygen atoms in total. The smallest absolute Gasteiger partial charge is 0.408 e. The van der Waals surface area contributed by atoms with E-state index in [4.69, 9.17) is 9.47 Å². The van der Waals surface area contributed by atoms with Crippen LogP contribution in [0.2, 0.25) is 0 Å². The van der Waals surface area contributed by atoms with Crippen molar-refractivity contribution in [2.24, 2.45) is 11.8 Å². The Morgan fingerprint density at radius 1 is 1.13 bits per heavy atom. The number of carboxylic acids is 1. The Bertz CT molecular complexity index is 917. The lowest BCUT2D eigenvalue weighted by Gasteiger charge is -2.43. The number of rotatable bonds is 13. The van der Waals surface area contributed by atoms with Crippen molar-refractivity contribution in [3.05, 3.63) is 35.9 Å². The Morgan fingerprint density at radius 2 is 1.79 bits per heavy atom. The number of carbonyl (C=O) groups is 3. The third kappa shape index (κ3) is 9.58. The lowest BCUT2D eigenvalue weighted by Crippen LogP contribution is -2.71. The maximum Gasteiger partial charge on any atom is 0.408 e. The number of alkyl carbamates (subject to hydrolysis) is 1. The van der Waals surface area contributed by atoms with Gasteiger partial charge in [0.1, 0.15) is 18.8 Å². The van der Waals surface area contributed by atoms with E-state index in [2.05, 4.69) is 24.6 Å². The maximum atomic E-state index is 13.5. The van der Waals surface area contributed by atoms with Crippen molar-refractivity contribution in [3.63, 3.8) is 0 Å². The number of hydrogen-bond donors (Lipinski definition) is 3. The average molecular weight is 535 g/mol. The summed E-state index contributed by atoms with van der Waals surface area (Å²) >= 11 is 0. The van der Waals surface area contributed by atoms with Crippen LogP contribution >= 0.6 is 0 Å². The number of aliphatic carboxylic acids is 1. The number of hydrogen-bond acceptors (Lipinski definition) is 6. The summed E-state index contributed by atoms with van der Waals surface area (Å²) in [6, 6.07) is 7.69. The lowest BCUT2D eigenvalue weighted by molar-refractivity contribution is -0.976. The molecule has 0 radical (unpaired) electrons. The van der Waals surface area contributed by atoms with Gasteiger partial charge in [0, 0.05) is 12.8 Å². The summed E-state index contributed by atoms with van der Waals surface area (Å²) in [7, 11) is 0. The van der Waals surface area contributed by atoms with E-state index in [1.165, 1.54) is 0 Å². The van der Waals surface area contributed by atoms with Crippen LogP contribution in [0.5, 0.6) is 0 Å². The minimum Gasteiger partial charge on any atom is -0.480 e. The first kappa shape index (κ1) is 31.6. The number of esters is 1. The number of nitrogens with one attached hydrogen (secondary N) is 2. The van der Waals surface area contributed by atoms with E-state index in [0.717, 1.165) is 12.0 Å². The highest BCUT2D eigenvalue weighted by Crippen LogP contribution is 2.29. The van der Waals surface area contributed by atoms with Crippen molar-refractivity contribution in [2.75, 3.05) is 13.1 Å². The molecule has 2 rings (SSSR count). The Labute approximate surface area is 227 Å². The molecule has 1 aliphatic heterocycles. The number of carboxylic acid groups (broad SMARTS) is 1. The van der Waals surface area contributed by atoms with Crippen molar-refractivity contribution >= 4 is 18.0 Å². The second-order valence-electron chi connectivity index (χ2n) is 12.0. The van der Waals surface area contributed by atoms with Crippen LogP contribution in [0.15, 0.2) is 30.3 Å². The van der Waals surface area contributed by atoms with Gasteiger partial charge >= 0.3 is 18.0 Å². The van der Waals surface area contributed by atoms with E-state index >= 15 is 0 Å². The average Bonchev–Trinajstić information content (AvgIpc) is 3.22. The quantitative estimate of drug-likeness (QED) is 0.249. The Kier molecular flexibility index (Phi) is 11.6. The number of nitrogens with zero attached hydrogens (tertiary/aromatic N) is 1. The molecule has 2 unspecified atom stereocenters. The molecule has 1 amide bonds. The Morgan fingerprint density at radius 3 is 2.34 bits per heavy atom. The summed E-state index contributed by atoms with van der Waals surface area (Å²) < 4.78 is 11.3. The zero-order valence-electron chi connectivity index (χ0n) is 24.2. The van der Waals surface area contributed by atoms with Gasteiger partial charge in [-0.1, -0.05) is 64.4 Å². The fraction of sp³-hybridized carbons (Fsp3) is 0.690. The number of quaternary nitrogens is 1. The highest BCUT2D eigenvalue weighted by Gasteiger charge is 2.51. The minimum atomic E-state index is -0.958. The van der Waals surface area contributed by atoms with E-state index < -0.39 is 29.7 Å². The van der Waals surface area contributed by atoms with Crippen molar-refractivity contribution in [2.45, 2.75) is 104 Å². The standard InChI is InChI=1S/C29H47N3O6/c1-8-21(4)25(26(33)34)31-32(18-23(17-20(2)3)30-28(36)38-29(5,6)7)16-12-15-24(32)27(35)37-19-22-13-10-9-11-14-22/h9-11,13-14,20-21,23-25,31H,8,12,15-19H2,1-7H3,(H-,30,33,34,36)/p+1/t21-,23?,24-,25-,32?/m0/s1. The molecule has 3 N–H and O–H groups in total. The minimum absolute atomic E-state index is 0.0438. The molecule has 214 valence electrons. The predicted molar refractivity (Wildman–Crippen MR) is 146 cm³/mol. The van der Waals surface area contributed by atoms with Crippen LogP contribution in [0.4, 0.5) is 4.79 Å². The summed E-state index contributed by atoms with van der Waals surface area (Å²) in [4.78, 5) is 38.6. The molecule has 0 spiro atoms. The summed E-state index contributed by atoms with van der Waals surface area (Å²) in [6.07, 6.45) is 2.08. The Hall–Kier alpha value is -2.65. The molecule has 38 heavy (non-hydrogen) atoms. The van der Waals surface area contributed by atoms with E-state index in [-0.39, 0.29) is 35.0 Å². The molecule has 0 aliphatic carbocycles. The third-order valence-corrected chi connectivity index (χ3v) is 7.03. The highest BCUT2D eigenvalue weighted by molar-refractivity contribution is 5.75. The molecule has 0 saturated carbocycles. The van der Waals surface area contributed by atoms with Gasteiger partial charge in [-0.2, -0.15) is 5.43 Å². The Balaban J connectivity index is 2.38. The molecule has 1 saturated heterocycles. The van der Waals surface area contributed by atoms with Gasteiger partial charge < -0.3 is 19.9 Å². The summed E-state index contributed by atoms with van der Waals surface area (Å²) in [5.74, 6) is -1.23. The van der Waals surface area contributed by atoms with Crippen LogP contribution in [0, 0.1) is 11.8 Å². The first-order valence-electron chi connectivity index (χ1n) is 13.8. The monoisotopic (exact) mass is 534 g/mol. The zero-order valence-corrected chi connectivity index (χ0v) is 24.2. The van der Waals surface area contributed by atoms with Gasteiger partial charge in [-0.15, -0.1) is 0 Å². The molecule has 1 fully saturated rings. The fourth-order valence-electron chi connectivity index (χ4n) is 5.09. The zero-order chi connectivity index (χ0) is 28.5. The molecule has 1 aromatic carbocycles. The van der Waals surface area contributed by atoms with Gasteiger partial charge in [0.2, 0.25) is 6.04 Å². The van der Waals surface area contributed by atoms with Crippen molar-refractivity contribution in [1.82, 2.24) is 10.7 Å². The van der Waals surface area contributed by atoms with Gasteiger partial charge in [0.05, 0.1) is 12.6 Å². The third-order valence-electron chi connectivity index (χ3n) is 7.03. The van der Waals surface area contributed by atoms with Crippen molar-refractivity contribution < 1.29 is 33.6 Å². The molecular formula is C29H48N3O6+. The second-order valence-corrected chi connectivity index (χ2v) is 12.0. The van der Waals surface area contributed by atoms with E-state index in [0.29, 0.717) is 32.4 Å². The van der Waals surface area contributed by atoms with Gasteiger partial charge in [-0.05, 0) is 44.6 Å². The summed E-state index contributed by atoms with van der Waals surface area (Å²) in [6.45, 7) is 14.4. The molecule has 5 atom stereocenters. The number of carbonyl (C=O) groups excluding carboxylic acids is 2. The van der Waals surface area contributed by atoms with Gasteiger partial charge in [0.15, 0.2) is 6.04 Å². The second kappa shape index (κ2) is 13.9. The number of amides is 1. The molecule has 1 aliphatic rings. The van der Waals surface area contributed by atoms with Crippen LogP contribution in [-0.4, -0.2) is 64.5 Å². The molecule has 1 aromatic rings. The topological polar surface area (TPSA) is 114 Å². The van der Waals surface area contributed by atoms with E-state index in [1.54, 1.807) is 0 Å². The highest BCUT2D eigenvalue weighted by atomic mass is 16.6. The molecule has 9 heteroatoms. The molecule has 1 heterocycles. The van der Waals surface area contributed by atoms with Gasteiger partial charge in [-0.25, -0.2) is 14.2 Å². The van der Waals surface area contributed by atoms with Crippen LogP contribution in [0.3, 0.4) is 0 Å². The van der Waals surface area contributed by atoms with Gasteiger partial charge in [0.25, 0.3) is 0 Å². The molecule has 0 aromatic heterocycles. The first-order valence-corrected chi connectivity index (χ1v) is 13.8. The summed E-state index contributed by atoms with van der Waals surface area (Å²) in [5.41, 5.74) is 3.61. The predicted octanol–water partition coefficient (Wildman–Crippen LogP) is 4.65. The number of ether oxygens (including phenoxy) is 2. The first-order chi connectivity index (χ1) is 17.8. The maximum absolute atomic E-state index is 13.5. The molecular weight excluding hydrogens is 486 g/mol. The van der Waals surface area contributed by atoms with Crippen molar-refractivity contribution in [3.8, 4) is 0 Å². The van der Waals surface area contributed by atoms with Crippen LogP contribution < -0.4 is 10.7 Å². The van der Waals surface area contributed by atoms with Crippen molar-refractivity contribution in [1.29, 1.82) is 0 Å². The van der Waals surface area contributed by atoms with Gasteiger partial charge in [-0.3, -0.25) is 4.79 Å². The number of benzene rings is 1. The normalized spacial score (nSPS) is 21.9. The van der Waals surface area contributed by atoms with Crippen LogP contribution in [-0.2, 0) is 25.7 Å². The number of likely N-dealkylation sites (tertiary alicyclic amines) is 1. The lowest BCUT2D eigenvalue weighted by atomic mass is 9.99. The SMILES string of the molecule is CC[C@H](C)[C@H](N[N+]1(CC(CC(C)C)NC(=O)OC(C)(C)C)CCC[C@H]1C(=O)OCc1ccccc1)C(=O)O. The largest absolute Gasteiger partial charge is 0.480 e. The van der Waals surface area contributed by atoms with Crippen LogP contribution in [0.25, 0.3) is 0 Å². The van der Waals surface area contributed by atoms with Crippen LogP contribution in [0.1, 0.15) is 79.7 Å². The fourth-order valence-corrected chi connectivity index (χ4v) is 5.09. The summed E-state index contributed by atoms with van der Waals surface area (Å²) in [5, 5.41) is 13.1.